The Kier molecular flexibility index (Phi) is 7.06. The van der Waals surface area contributed by atoms with E-state index in [1.54, 1.807) is 6.08 Å². The first-order valence-electron chi connectivity index (χ1n) is 6.42. The number of carboxylic acids is 1. The van der Waals surface area contributed by atoms with E-state index in [2.05, 4.69) is 0 Å². The quantitative estimate of drug-likeness (QED) is 0.555. The molecule has 0 fully saturated rings. The molecule has 5 nitrogen and oxygen atoms in total. The van der Waals surface area contributed by atoms with Gasteiger partial charge in [0.2, 0.25) is 0 Å². The van der Waals surface area contributed by atoms with Crippen LogP contribution in [0.15, 0.2) is 42.5 Å². The van der Waals surface area contributed by atoms with Crippen LogP contribution < -0.4 is 5.73 Å². The van der Waals surface area contributed by atoms with E-state index in [4.69, 9.17) is 15.6 Å². The largest absolute Gasteiger partial charge is 0.480 e. The van der Waals surface area contributed by atoms with Gasteiger partial charge < -0.3 is 15.6 Å². The van der Waals surface area contributed by atoms with Crippen molar-refractivity contribution in [1.29, 1.82) is 0 Å². The second-order valence-corrected chi connectivity index (χ2v) is 4.33. The van der Waals surface area contributed by atoms with Crippen LogP contribution in [0.4, 0.5) is 0 Å². The van der Waals surface area contributed by atoms with E-state index in [-0.39, 0.29) is 19.4 Å². The number of carbonyl (C=O) groups is 2. The van der Waals surface area contributed by atoms with Gasteiger partial charge >= 0.3 is 11.9 Å². The molecule has 0 amide bonds. The number of nitrogens with two attached hydrogens (primary N) is 1. The summed E-state index contributed by atoms with van der Waals surface area (Å²) in [7, 11) is 0. The van der Waals surface area contributed by atoms with Crippen LogP contribution in [0.2, 0.25) is 0 Å². The summed E-state index contributed by atoms with van der Waals surface area (Å²) in [6.07, 6.45) is 4.57. The average Bonchev–Trinajstić information content (AvgIpc) is 2.45. The molecule has 0 saturated heterocycles. The SMILES string of the molecule is N[C@@H](CCC(=O)OCC=CCc1ccccc1)C(=O)O. The second kappa shape index (κ2) is 8.87. The zero-order valence-corrected chi connectivity index (χ0v) is 11.2. The summed E-state index contributed by atoms with van der Waals surface area (Å²) < 4.78 is 4.94. The van der Waals surface area contributed by atoms with Gasteiger partial charge in [-0.3, -0.25) is 9.59 Å². The molecule has 108 valence electrons. The smallest absolute Gasteiger partial charge is 0.320 e. The first kappa shape index (κ1) is 15.9. The fourth-order valence-electron chi connectivity index (χ4n) is 1.51. The minimum atomic E-state index is -1.11. The lowest BCUT2D eigenvalue weighted by atomic mass is 10.1. The Morgan fingerprint density at radius 3 is 2.60 bits per heavy atom. The number of carbonyl (C=O) groups excluding carboxylic acids is 1. The van der Waals surface area contributed by atoms with E-state index in [1.807, 2.05) is 36.4 Å². The van der Waals surface area contributed by atoms with E-state index in [0.717, 1.165) is 6.42 Å². The highest BCUT2D eigenvalue weighted by Gasteiger charge is 2.13. The minimum absolute atomic E-state index is 0.0139. The van der Waals surface area contributed by atoms with E-state index >= 15 is 0 Å². The van der Waals surface area contributed by atoms with Crippen molar-refractivity contribution < 1.29 is 19.4 Å². The Hall–Kier alpha value is -2.14. The van der Waals surface area contributed by atoms with E-state index in [9.17, 15) is 9.59 Å². The summed E-state index contributed by atoms with van der Waals surface area (Å²) in [4.78, 5) is 21.8. The van der Waals surface area contributed by atoms with Gasteiger partial charge in [0.25, 0.3) is 0 Å². The summed E-state index contributed by atoms with van der Waals surface area (Å²) in [5.74, 6) is -1.55. The van der Waals surface area contributed by atoms with Crippen molar-refractivity contribution >= 4 is 11.9 Å². The molecule has 0 unspecified atom stereocenters. The molecule has 1 aromatic carbocycles. The molecule has 0 aliphatic heterocycles. The maximum absolute atomic E-state index is 11.3. The van der Waals surface area contributed by atoms with Gasteiger partial charge in [-0.2, -0.15) is 0 Å². The number of hydrogen-bond acceptors (Lipinski definition) is 4. The summed E-state index contributed by atoms with van der Waals surface area (Å²) >= 11 is 0. The minimum Gasteiger partial charge on any atom is -0.480 e. The molecular weight excluding hydrogens is 258 g/mol. The lowest BCUT2D eigenvalue weighted by Gasteiger charge is -2.05. The molecule has 0 bridgehead atoms. The number of esters is 1. The van der Waals surface area contributed by atoms with Crippen molar-refractivity contribution in [3.63, 3.8) is 0 Å². The molecule has 1 rings (SSSR count). The van der Waals surface area contributed by atoms with Crippen LogP contribution >= 0.6 is 0 Å². The van der Waals surface area contributed by atoms with Crippen molar-refractivity contribution in [1.82, 2.24) is 0 Å². The van der Waals surface area contributed by atoms with Crippen molar-refractivity contribution in [3.05, 3.63) is 48.0 Å². The molecule has 5 heteroatoms. The van der Waals surface area contributed by atoms with Crippen LogP contribution in [0.1, 0.15) is 18.4 Å². The van der Waals surface area contributed by atoms with Crippen LogP contribution in [0.3, 0.4) is 0 Å². The lowest BCUT2D eigenvalue weighted by molar-refractivity contribution is -0.143. The maximum Gasteiger partial charge on any atom is 0.320 e. The van der Waals surface area contributed by atoms with Gasteiger partial charge in [0.1, 0.15) is 12.6 Å². The number of benzene rings is 1. The Morgan fingerprint density at radius 1 is 1.25 bits per heavy atom. The molecule has 3 N–H and O–H groups in total. The van der Waals surface area contributed by atoms with Crippen LogP contribution in [0.25, 0.3) is 0 Å². The predicted molar refractivity (Wildman–Crippen MR) is 75.1 cm³/mol. The summed E-state index contributed by atoms with van der Waals surface area (Å²) in [5, 5.41) is 8.56. The molecule has 0 aliphatic rings. The van der Waals surface area contributed by atoms with Gasteiger partial charge in [0, 0.05) is 6.42 Å². The third-order valence-electron chi connectivity index (χ3n) is 2.68. The summed E-state index contributed by atoms with van der Waals surface area (Å²) in [6.45, 7) is 0.188. The third kappa shape index (κ3) is 6.70. The average molecular weight is 277 g/mol. The number of aliphatic carboxylic acids is 1. The van der Waals surface area contributed by atoms with Crippen molar-refractivity contribution in [2.24, 2.45) is 5.73 Å². The first-order chi connectivity index (χ1) is 9.59. The number of allylic oxidation sites excluding steroid dienone is 1. The number of rotatable bonds is 8. The zero-order chi connectivity index (χ0) is 14.8. The van der Waals surface area contributed by atoms with Crippen LogP contribution in [-0.4, -0.2) is 29.7 Å². The predicted octanol–water partition coefficient (Wildman–Crippen LogP) is 1.52. The maximum atomic E-state index is 11.3. The molecule has 0 saturated carbocycles. The van der Waals surface area contributed by atoms with Crippen molar-refractivity contribution in [2.75, 3.05) is 6.61 Å². The van der Waals surface area contributed by atoms with Crippen LogP contribution in [0.5, 0.6) is 0 Å². The standard InChI is InChI=1S/C15H19NO4/c16-13(15(18)19)9-10-14(17)20-11-5-4-8-12-6-2-1-3-7-12/h1-7,13H,8-11,16H2,(H,18,19)/t13-/m0/s1. The van der Waals surface area contributed by atoms with Gasteiger partial charge in [0.15, 0.2) is 0 Å². The molecule has 1 atom stereocenters. The Balaban J connectivity index is 2.14. The molecule has 1 aromatic rings. The summed E-state index contributed by atoms with van der Waals surface area (Å²) in [5.41, 5.74) is 6.47. The van der Waals surface area contributed by atoms with E-state index in [1.165, 1.54) is 5.56 Å². The first-order valence-corrected chi connectivity index (χ1v) is 6.42. The fraction of sp³-hybridized carbons (Fsp3) is 0.333. The fourth-order valence-corrected chi connectivity index (χ4v) is 1.51. The monoisotopic (exact) mass is 277 g/mol. The van der Waals surface area contributed by atoms with Gasteiger partial charge in [-0.05, 0) is 18.4 Å². The Labute approximate surface area is 118 Å². The summed E-state index contributed by atoms with van der Waals surface area (Å²) in [6, 6.07) is 8.91. The highest BCUT2D eigenvalue weighted by atomic mass is 16.5. The highest BCUT2D eigenvalue weighted by molar-refractivity contribution is 5.75. The number of ether oxygens (including phenoxy) is 1. The van der Waals surface area contributed by atoms with Crippen LogP contribution in [-0.2, 0) is 20.7 Å². The molecular formula is C15H19NO4. The van der Waals surface area contributed by atoms with Crippen LogP contribution in [0, 0.1) is 0 Å². The Morgan fingerprint density at radius 2 is 1.95 bits per heavy atom. The second-order valence-electron chi connectivity index (χ2n) is 4.33. The molecule has 20 heavy (non-hydrogen) atoms. The molecule has 0 aliphatic carbocycles. The third-order valence-corrected chi connectivity index (χ3v) is 2.68. The van der Waals surface area contributed by atoms with E-state index < -0.39 is 18.0 Å². The molecule has 0 aromatic heterocycles. The van der Waals surface area contributed by atoms with Gasteiger partial charge in [-0.1, -0.05) is 42.5 Å². The highest BCUT2D eigenvalue weighted by Crippen LogP contribution is 2.01. The lowest BCUT2D eigenvalue weighted by Crippen LogP contribution is -2.30. The van der Waals surface area contributed by atoms with Gasteiger partial charge in [-0.25, -0.2) is 0 Å². The van der Waals surface area contributed by atoms with Crippen molar-refractivity contribution in [2.45, 2.75) is 25.3 Å². The normalized spacial score (nSPS) is 12.2. The molecule has 0 radical (unpaired) electrons. The van der Waals surface area contributed by atoms with Crippen molar-refractivity contribution in [3.8, 4) is 0 Å². The van der Waals surface area contributed by atoms with Gasteiger partial charge in [-0.15, -0.1) is 0 Å². The van der Waals surface area contributed by atoms with E-state index in [0.29, 0.717) is 0 Å². The molecule has 0 spiro atoms. The molecule has 0 heterocycles. The Bertz CT molecular complexity index is 456. The number of carboxylic acid groups (broad SMARTS) is 1. The van der Waals surface area contributed by atoms with Gasteiger partial charge in [0.05, 0.1) is 0 Å². The zero-order valence-electron chi connectivity index (χ0n) is 11.2. The topological polar surface area (TPSA) is 89.6 Å². The number of hydrogen-bond donors (Lipinski definition) is 2.